The van der Waals surface area contributed by atoms with Gasteiger partial charge in [0.25, 0.3) is 0 Å². The molecule has 2 heterocycles. The van der Waals surface area contributed by atoms with Crippen molar-refractivity contribution in [3.63, 3.8) is 0 Å². The van der Waals surface area contributed by atoms with Crippen LogP contribution in [0.4, 0.5) is 0 Å². The van der Waals surface area contributed by atoms with Crippen LogP contribution in [-0.4, -0.2) is 104 Å². The standard InChI is InChI=1S/C25H43N5O/c1-5-7-10-25(6-2)26-23(3)21-29-13-8-11-28-16-15-27(17-19-29)12-9-14-30(20-18-28)22-24(4)31/h5-7,10,26H,2-3,8-9,11-22H2,1,4H3/b7-5+,25-10+. The van der Waals surface area contributed by atoms with E-state index in [-0.39, 0.29) is 5.78 Å². The Balaban J connectivity index is 1.94. The van der Waals surface area contributed by atoms with E-state index in [1.165, 1.54) is 0 Å². The number of carbonyl (C=O) groups excluding carboxylic acids is 1. The van der Waals surface area contributed by atoms with E-state index < -0.39 is 0 Å². The topological polar surface area (TPSA) is 42.1 Å². The van der Waals surface area contributed by atoms with Gasteiger partial charge in [0, 0.05) is 57.2 Å². The summed E-state index contributed by atoms with van der Waals surface area (Å²) in [7, 11) is 0. The maximum absolute atomic E-state index is 11.6. The first kappa shape index (κ1) is 25.5. The average molecular weight is 430 g/mol. The molecule has 2 saturated heterocycles. The van der Waals surface area contributed by atoms with Gasteiger partial charge in [-0.1, -0.05) is 25.3 Å². The number of allylic oxidation sites excluding steroid dienone is 4. The van der Waals surface area contributed by atoms with Gasteiger partial charge in [-0.3, -0.25) is 14.6 Å². The average Bonchev–Trinajstić information content (AvgIpc) is 2.74. The second kappa shape index (κ2) is 14.4. The van der Waals surface area contributed by atoms with E-state index >= 15 is 0 Å². The van der Waals surface area contributed by atoms with Crippen LogP contribution in [0.3, 0.4) is 0 Å². The second-order valence-electron chi connectivity index (χ2n) is 8.73. The summed E-state index contributed by atoms with van der Waals surface area (Å²) in [5, 5.41) is 3.41. The van der Waals surface area contributed by atoms with Crippen LogP contribution in [0.15, 0.2) is 48.9 Å². The Labute approximate surface area is 189 Å². The lowest BCUT2D eigenvalue weighted by Gasteiger charge is -2.35. The van der Waals surface area contributed by atoms with Crippen LogP contribution < -0.4 is 5.32 Å². The third-order valence-corrected chi connectivity index (χ3v) is 5.96. The fourth-order valence-corrected chi connectivity index (χ4v) is 4.28. The Kier molecular flexibility index (Phi) is 11.8. The molecule has 6 heteroatoms. The van der Waals surface area contributed by atoms with Gasteiger partial charge in [0.1, 0.15) is 5.78 Å². The van der Waals surface area contributed by atoms with Gasteiger partial charge in [-0.25, -0.2) is 0 Å². The Morgan fingerprint density at radius 2 is 1.42 bits per heavy atom. The van der Waals surface area contributed by atoms with Crippen molar-refractivity contribution in [2.24, 2.45) is 0 Å². The number of ketones is 1. The highest BCUT2D eigenvalue weighted by Gasteiger charge is 2.18. The number of hydrogen-bond acceptors (Lipinski definition) is 6. The van der Waals surface area contributed by atoms with E-state index in [9.17, 15) is 4.79 Å². The number of nitrogens with one attached hydrogen (secondary N) is 1. The van der Waals surface area contributed by atoms with Crippen molar-refractivity contribution < 1.29 is 4.79 Å². The summed E-state index contributed by atoms with van der Waals surface area (Å²) in [4.78, 5) is 21.7. The first-order valence-electron chi connectivity index (χ1n) is 11.8. The molecule has 0 aromatic heterocycles. The Hall–Kier alpha value is -1.73. The van der Waals surface area contributed by atoms with Crippen molar-refractivity contribution >= 4 is 5.78 Å². The van der Waals surface area contributed by atoms with Gasteiger partial charge in [-0.05, 0) is 65.0 Å². The lowest BCUT2D eigenvalue weighted by molar-refractivity contribution is -0.118. The minimum atomic E-state index is 0.270. The highest BCUT2D eigenvalue weighted by atomic mass is 16.1. The van der Waals surface area contributed by atoms with Crippen molar-refractivity contribution in [3.05, 3.63) is 48.9 Å². The monoisotopic (exact) mass is 429 g/mol. The molecule has 0 aliphatic carbocycles. The van der Waals surface area contributed by atoms with E-state index in [1.807, 2.05) is 31.2 Å². The van der Waals surface area contributed by atoms with Crippen LogP contribution in [-0.2, 0) is 4.79 Å². The zero-order valence-electron chi connectivity index (χ0n) is 19.8. The zero-order chi connectivity index (χ0) is 22.5. The van der Waals surface area contributed by atoms with Gasteiger partial charge >= 0.3 is 0 Å². The molecule has 2 atom stereocenters. The fourth-order valence-electron chi connectivity index (χ4n) is 4.28. The van der Waals surface area contributed by atoms with Crippen molar-refractivity contribution in [1.82, 2.24) is 24.9 Å². The highest BCUT2D eigenvalue weighted by Crippen LogP contribution is 2.08. The van der Waals surface area contributed by atoms with Crippen LogP contribution in [0.5, 0.6) is 0 Å². The van der Waals surface area contributed by atoms with Crippen LogP contribution in [0.1, 0.15) is 26.7 Å². The molecule has 0 radical (unpaired) electrons. The first-order valence-corrected chi connectivity index (χ1v) is 11.8. The van der Waals surface area contributed by atoms with E-state index in [0.717, 1.165) is 96.2 Å². The Bertz CT molecular complexity index is 642. The largest absolute Gasteiger partial charge is 0.358 e. The molecule has 0 spiro atoms. The van der Waals surface area contributed by atoms with Crippen LogP contribution in [0.25, 0.3) is 0 Å². The van der Waals surface area contributed by atoms with E-state index in [0.29, 0.717) is 6.54 Å². The number of rotatable bonds is 8. The van der Waals surface area contributed by atoms with Crippen LogP contribution in [0, 0.1) is 0 Å². The summed E-state index contributed by atoms with van der Waals surface area (Å²) in [6, 6.07) is 0. The molecule has 2 fully saturated rings. The summed E-state index contributed by atoms with van der Waals surface area (Å²) < 4.78 is 0. The third-order valence-electron chi connectivity index (χ3n) is 5.96. The maximum Gasteiger partial charge on any atom is 0.143 e. The number of Topliss-reactive ketones (excluding diaryl/α,β-unsaturated/α-hetero) is 1. The van der Waals surface area contributed by atoms with Gasteiger partial charge < -0.3 is 15.1 Å². The Morgan fingerprint density at radius 3 is 1.94 bits per heavy atom. The van der Waals surface area contributed by atoms with Crippen molar-refractivity contribution in [1.29, 1.82) is 0 Å². The molecular weight excluding hydrogens is 386 g/mol. The molecule has 1 N–H and O–H groups in total. The summed E-state index contributed by atoms with van der Waals surface area (Å²) in [5.41, 5.74) is 1.99. The van der Waals surface area contributed by atoms with Crippen LogP contribution >= 0.6 is 0 Å². The lowest BCUT2D eigenvalue weighted by atomic mass is 10.2. The smallest absolute Gasteiger partial charge is 0.143 e. The minimum absolute atomic E-state index is 0.270. The molecule has 2 aliphatic rings. The minimum Gasteiger partial charge on any atom is -0.358 e. The summed E-state index contributed by atoms with van der Waals surface area (Å²) in [6.07, 6.45) is 10.2. The fraction of sp³-hybridized carbons (Fsp3) is 0.640. The number of hydrogen-bond donors (Lipinski definition) is 1. The van der Waals surface area contributed by atoms with E-state index in [4.69, 9.17) is 0 Å². The summed E-state index contributed by atoms with van der Waals surface area (Å²) >= 11 is 0. The van der Waals surface area contributed by atoms with Crippen LogP contribution in [0.2, 0.25) is 0 Å². The van der Waals surface area contributed by atoms with Crippen molar-refractivity contribution in [2.75, 3.05) is 78.5 Å². The second-order valence-corrected chi connectivity index (χ2v) is 8.73. The van der Waals surface area contributed by atoms with Gasteiger partial charge in [0.15, 0.2) is 0 Å². The molecule has 2 unspecified atom stereocenters. The quantitative estimate of drug-likeness (QED) is 0.598. The van der Waals surface area contributed by atoms with Gasteiger partial charge in [0.2, 0.25) is 0 Å². The van der Waals surface area contributed by atoms with Gasteiger partial charge in [-0.15, -0.1) is 0 Å². The molecule has 2 bridgehead atoms. The number of carbonyl (C=O) groups is 1. The van der Waals surface area contributed by atoms with Gasteiger partial charge in [0.05, 0.1) is 6.54 Å². The molecule has 0 aromatic rings. The maximum atomic E-state index is 11.6. The van der Waals surface area contributed by atoms with Crippen molar-refractivity contribution in [2.45, 2.75) is 26.7 Å². The predicted molar refractivity (Wildman–Crippen MR) is 131 cm³/mol. The molecule has 0 aromatic carbocycles. The molecular formula is C25H43N5O. The highest BCUT2D eigenvalue weighted by molar-refractivity contribution is 5.77. The molecule has 2 rings (SSSR count). The number of fused-ring (bicyclic) bond motifs is 3. The molecule has 0 amide bonds. The number of nitrogens with zero attached hydrogens (tertiary/aromatic N) is 4. The molecule has 174 valence electrons. The molecule has 2 aliphatic heterocycles. The first-order chi connectivity index (χ1) is 15.0. The van der Waals surface area contributed by atoms with E-state index in [1.54, 1.807) is 6.92 Å². The lowest BCUT2D eigenvalue weighted by Crippen LogP contribution is -2.47. The third kappa shape index (κ3) is 10.4. The van der Waals surface area contributed by atoms with E-state index in [2.05, 4.69) is 38.1 Å². The summed E-state index contributed by atoms with van der Waals surface area (Å²) in [5.74, 6) is 0.270. The molecule has 31 heavy (non-hydrogen) atoms. The predicted octanol–water partition coefficient (Wildman–Crippen LogP) is 2.34. The SMILES string of the molecule is C=C/C(=C\C=C\C)NC(=C)CN1CCCN2CCN(CCCN(CC(C)=O)CC2)CC1. The van der Waals surface area contributed by atoms with Gasteiger partial charge in [-0.2, -0.15) is 0 Å². The molecule has 0 saturated carbocycles. The zero-order valence-corrected chi connectivity index (χ0v) is 19.8. The Morgan fingerprint density at radius 1 is 0.871 bits per heavy atom. The summed E-state index contributed by atoms with van der Waals surface area (Å²) in [6.45, 7) is 24.0. The molecule has 6 nitrogen and oxygen atoms in total. The van der Waals surface area contributed by atoms with Crippen molar-refractivity contribution in [3.8, 4) is 0 Å². The normalized spacial score (nSPS) is 25.3.